The molecule has 0 bridgehead atoms. The van der Waals surface area contributed by atoms with E-state index in [0.717, 1.165) is 12.8 Å². The zero-order valence-corrected chi connectivity index (χ0v) is 11.6. The Morgan fingerprint density at radius 1 is 1.15 bits per heavy atom. The molecule has 20 heavy (non-hydrogen) atoms. The number of carboxylic acid groups (broad SMARTS) is 1. The van der Waals surface area contributed by atoms with E-state index < -0.39 is 23.3 Å². The standard InChI is InChI=1S/C14H23NO5/c16-9-14(5-7-20-8-6-14)15-12(17)10-3-1-2-4-11(10)13(18)19/h10-11,16H,1-9H2,(H,15,17)(H,18,19)/t10-,11+/m1/s1. The molecule has 1 saturated heterocycles. The fourth-order valence-corrected chi connectivity index (χ4v) is 3.18. The van der Waals surface area contributed by atoms with Crippen LogP contribution in [0, 0.1) is 11.8 Å². The first-order chi connectivity index (χ1) is 9.58. The molecule has 0 radical (unpaired) electrons. The van der Waals surface area contributed by atoms with Crippen molar-refractivity contribution < 1.29 is 24.5 Å². The van der Waals surface area contributed by atoms with E-state index in [9.17, 15) is 19.8 Å². The van der Waals surface area contributed by atoms with Crippen LogP contribution in [-0.4, -0.2) is 47.4 Å². The summed E-state index contributed by atoms with van der Waals surface area (Å²) in [6, 6.07) is 0. The van der Waals surface area contributed by atoms with Gasteiger partial charge >= 0.3 is 5.97 Å². The minimum atomic E-state index is -0.894. The largest absolute Gasteiger partial charge is 0.481 e. The molecule has 1 heterocycles. The summed E-state index contributed by atoms with van der Waals surface area (Å²) in [7, 11) is 0. The monoisotopic (exact) mass is 285 g/mol. The van der Waals surface area contributed by atoms with Gasteiger partial charge in [0, 0.05) is 13.2 Å². The van der Waals surface area contributed by atoms with E-state index in [4.69, 9.17) is 4.74 Å². The van der Waals surface area contributed by atoms with Gasteiger partial charge in [-0.1, -0.05) is 12.8 Å². The van der Waals surface area contributed by atoms with Gasteiger partial charge in [-0.2, -0.15) is 0 Å². The summed E-state index contributed by atoms with van der Waals surface area (Å²) in [5.41, 5.74) is -0.643. The molecule has 0 spiro atoms. The van der Waals surface area contributed by atoms with Gasteiger partial charge in [0.05, 0.1) is 24.0 Å². The van der Waals surface area contributed by atoms with Gasteiger partial charge in [0.25, 0.3) is 0 Å². The maximum atomic E-state index is 12.4. The highest BCUT2D eigenvalue weighted by molar-refractivity contribution is 5.85. The van der Waals surface area contributed by atoms with Gasteiger partial charge in [0.2, 0.25) is 5.91 Å². The van der Waals surface area contributed by atoms with Crippen molar-refractivity contribution in [3.05, 3.63) is 0 Å². The fourth-order valence-electron chi connectivity index (χ4n) is 3.18. The molecule has 1 aliphatic heterocycles. The van der Waals surface area contributed by atoms with Crippen molar-refractivity contribution in [1.29, 1.82) is 0 Å². The molecule has 0 aromatic carbocycles. The summed E-state index contributed by atoms with van der Waals surface area (Å²) in [4.78, 5) is 23.7. The molecule has 0 unspecified atom stereocenters. The molecule has 6 heteroatoms. The highest BCUT2D eigenvalue weighted by Gasteiger charge is 2.40. The number of hydrogen-bond donors (Lipinski definition) is 3. The first kappa shape index (κ1) is 15.3. The predicted octanol–water partition coefficient (Wildman–Crippen LogP) is 0.535. The van der Waals surface area contributed by atoms with Gasteiger partial charge in [0.1, 0.15) is 0 Å². The van der Waals surface area contributed by atoms with Crippen LogP contribution < -0.4 is 5.32 Å². The summed E-state index contributed by atoms with van der Waals surface area (Å²) in [5, 5.41) is 21.7. The predicted molar refractivity (Wildman–Crippen MR) is 71.1 cm³/mol. The number of aliphatic hydroxyl groups excluding tert-OH is 1. The zero-order valence-electron chi connectivity index (χ0n) is 11.6. The number of carbonyl (C=O) groups is 2. The van der Waals surface area contributed by atoms with Crippen molar-refractivity contribution in [3.8, 4) is 0 Å². The molecule has 0 aromatic heterocycles. The molecule has 1 aliphatic carbocycles. The van der Waals surface area contributed by atoms with E-state index >= 15 is 0 Å². The highest BCUT2D eigenvalue weighted by atomic mass is 16.5. The van der Waals surface area contributed by atoms with Crippen molar-refractivity contribution >= 4 is 11.9 Å². The number of aliphatic hydroxyl groups is 1. The van der Waals surface area contributed by atoms with Crippen molar-refractivity contribution in [2.75, 3.05) is 19.8 Å². The number of ether oxygens (including phenoxy) is 1. The van der Waals surface area contributed by atoms with Crippen molar-refractivity contribution in [2.24, 2.45) is 11.8 Å². The molecular formula is C14H23NO5. The Morgan fingerprint density at radius 2 is 1.75 bits per heavy atom. The molecule has 6 nitrogen and oxygen atoms in total. The summed E-state index contributed by atoms with van der Waals surface area (Å²) < 4.78 is 5.26. The summed E-state index contributed by atoms with van der Waals surface area (Å²) in [6.45, 7) is 0.883. The van der Waals surface area contributed by atoms with E-state index in [1.807, 2.05) is 0 Å². The van der Waals surface area contributed by atoms with Crippen LogP contribution in [-0.2, 0) is 14.3 Å². The third-order valence-corrected chi connectivity index (χ3v) is 4.56. The number of nitrogens with one attached hydrogen (secondary N) is 1. The van der Waals surface area contributed by atoms with E-state index in [1.54, 1.807) is 0 Å². The van der Waals surface area contributed by atoms with Gasteiger partial charge in [-0.15, -0.1) is 0 Å². The van der Waals surface area contributed by atoms with Crippen LogP contribution in [0.25, 0.3) is 0 Å². The lowest BCUT2D eigenvalue weighted by Crippen LogP contribution is -2.57. The molecule has 2 atom stereocenters. The maximum Gasteiger partial charge on any atom is 0.307 e. The van der Waals surface area contributed by atoms with Crippen LogP contribution in [0.15, 0.2) is 0 Å². The van der Waals surface area contributed by atoms with Crippen molar-refractivity contribution in [2.45, 2.75) is 44.1 Å². The lowest BCUT2D eigenvalue weighted by molar-refractivity contribution is -0.150. The Balaban J connectivity index is 2.03. The second-order valence-electron chi connectivity index (χ2n) is 5.88. The SMILES string of the molecule is O=C(O)[C@H]1CCCC[C@H]1C(=O)NC1(CO)CCOCC1. The number of hydrogen-bond acceptors (Lipinski definition) is 4. The lowest BCUT2D eigenvalue weighted by Gasteiger charge is -2.38. The lowest BCUT2D eigenvalue weighted by atomic mass is 9.78. The van der Waals surface area contributed by atoms with E-state index in [2.05, 4.69) is 5.32 Å². The normalized spacial score (nSPS) is 29.6. The van der Waals surface area contributed by atoms with Crippen LogP contribution >= 0.6 is 0 Å². The average Bonchev–Trinajstić information content (AvgIpc) is 2.48. The summed E-state index contributed by atoms with van der Waals surface area (Å²) in [6.07, 6.45) is 4.06. The number of carboxylic acids is 1. The summed E-state index contributed by atoms with van der Waals surface area (Å²) in [5.74, 6) is -2.20. The maximum absolute atomic E-state index is 12.4. The minimum Gasteiger partial charge on any atom is -0.481 e. The Labute approximate surface area is 118 Å². The Morgan fingerprint density at radius 3 is 2.30 bits per heavy atom. The zero-order chi connectivity index (χ0) is 14.6. The molecular weight excluding hydrogens is 262 g/mol. The first-order valence-corrected chi connectivity index (χ1v) is 7.31. The Kier molecular flexibility index (Phi) is 4.99. The van der Waals surface area contributed by atoms with Crippen molar-refractivity contribution in [3.63, 3.8) is 0 Å². The molecule has 1 saturated carbocycles. The molecule has 2 rings (SSSR count). The van der Waals surface area contributed by atoms with E-state index in [0.29, 0.717) is 38.9 Å². The fraction of sp³-hybridized carbons (Fsp3) is 0.857. The van der Waals surface area contributed by atoms with E-state index in [-0.39, 0.29) is 12.5 Å². The van der Waals surface area contributed by atoms with Gasteiger partial charge in [-0.3, -0.25) is 9.59 Å². The summed E-state index contributed by atoms with van der Waals surface area (Å²) >= 11 is 0. The van der Waals surface area contributed by atoms with Crippen LogP contribution in [0.3, 0.4) is 0 Å². The number of carbonyl (C=O) groups excluding carboxylic acids is 1. The van der Waals surface area contributed by atoms with Gasteiger partial charge in [0.15, 0.2) is 0 Å². The van der Waals surface area contributed by atoms with Crippen LogP contribution in [0.1, 0.15) is 38.5 Å². The minimum absolute atomic E-state index is 0.132. The van der Waals surface area contributed by atoms with Gasteiger partial charge in [-0.05, 0) is 25.7 Å². The second kappa shape index (κ2) is 6.54. The average molecular weight is 285 g/mol. The van der Waals surface area contributed by atoms with Gasteiger partial charge in [-0.25, -0.2) is 0 Å². The highest BCUT2D eigenvalue weighted by Crippen LogP contribution is 2.31. The molecule has 2 aliphatic rings. The third-order valence-electron chi connectivity index (χ3n) is 4.56. The molecule has 1 amide bonds. The van der Waals surface area contributed by atoms with Gasteiger partial charge < -0.3 is 20.3 Å². The van der Waals surface area contributed by atoms with Crippen LogP contribution in [0.5, 0.6) is 0 Å². The molecule has 3 N–H and O–H groups in total. The smallest absolute Gasteiger partial charge is 0.307 e. The first-order valence-electron chi connectivity index (χ1n) is 7.31. The molecule has 2 fully saturated rings. The van der Waals surface area contributed by atoms with Crippen LogP contribution in [0.4, 0.5) is 0 Å². The van der Waals surface area contributed by atoms with E-state index in [1.165, 1.54) is 0 Å². The number of rotatable bonds is 4. The number of aliphatic carboxylic acids is 1. The van der Waals surface area contributed by atoms with Crippen molar-refractivity contribution in [1.82, 2.24) is 5.32 Å². The second-order valence-corrected chi connectivity index (χ2v) is 5.88. The third kappa shape index (κ3) is 3.30. The molecule has 114 valence electrons. The Hall–Kier alpha value is -1.14. The topological polar surface area (TPSA) is 95.9 Å². The molecule has 0 aromatic rings. The Bertz CT molecular complexity index is 365. The van der Waals surface area contributed by atoms with Crippen LogP contribution in [0.2, 0.25) is 0 Å². The number of amides is 1. The quantitative estimate of drug-likeness (QED) is 0.700.